The monoisotopic (exact) mass is 286 g/mol. The zero-order valence-electron chi connectivity index (χ0n) is 10.6. The number of hydrogen-bond donors (Lipinski definition) is 2. The summed E-state index contributed by atoms with van der Waals surface area (Å²) in [6.45, 7) is 2.39. The summed E-state index contributed by atoms with van der Waals surface area (Å²) in [5.74, 6) is 0.456. The minimum absolute atomic E-state index is 0.0416. The lowest BCUT2D eigenvalue weighted by molar-refractivity contribution is -0.274. The molecule has 0 fully saturated rings. The molecule has 1 unspecified atom stereocenters. The summed E-state index contributed by atoms with van der Waals surface area (Å²) in [5.41, 5.74) is 0.846. The summed E-state index contributed by atoms with van der Waals surface area (Å²) in [7, 11) is 0. The standard InChI is InChI=1S/C12H13F3N4O/c1-8(16-6-11-17-7-18-19-11)9-2-4-10(5-3-9)20-12(13,14)15/h2-5,7-8,16H,6H2,1H3,(H,17,18,19). The zero-order chi connectivity index (χ0) is 14.6. The number of halogens is 3. The molecule has 108 valence electrons. The predicted octanol–water partition coefficient (Wildman–Crippen LogP) is 2.55. The first-order valence-corrected chi connectivity index (χ1v) is 5.87. The number of alkyl halides is 3. The lowest BCUT2D eigenvalue weighted by Crippen LogP contribution is -2.19. The molecule has 0 aliphatic heterocycles. The Morgan fingerprint density at radius 3 is 2.55 bits per heavy atom. The third-order valence-corrected chi connectivity index (χ3v) is 2.65. The van der Waals surface area contributed by atoms with Gasteiger partial charge in [-0.3, -0.25) is 5.10 Å². The third kappa shape index (κ3) is 4.23. The van der Waals surface area contributed by atoms with Crippen molar-refractivity contribution in [3.05, 3.63) is 42.0 Å². The van der Waals surface area contributed by atoms with Crippen LogP contribution in [0.4, 0.5) is 13.2 Å². The Morgan fingerprint density at radius 1 is 1.30 bits per heavy atom. The maximum atomic E-state index is 12.0. The molecule has 0 amide bonds. The molecule has 1 aromatic carbocycles. The zero-order valence-corrected chi connectivity index (χ0v) is 10.6. The van der Waals surface area contributed by atoms with Gasteiger partial charge in [0.25, 0.3) is 0 Å². The van der Waals surface area contributed by atoms with Crippen molar-refractivity contribution in [2.45, 2.75) is 25.9 Å². The molecule has 0 radical (unpaired) electrons. The Hall–Kier alpha value is -2.09. The number of nitrogens with one attached hydrogen (secondary N) is 2. The van der Waals surface area contributed by atoms with Gasteiger partial charge in [0.05, 0.1) is 6.54 Å². The van der Waals surface area contributed by atoms with Crippen LogP contribution in [0.15, 0.2) is 30.6 Å². The second kappa shape index (κ2) is 5.91. The number of nitrogens with zero attached hydrogens (tertiary/aromatic N) is 2. The molecule has 0 saturated heterocycles. The molecule has 0 aliphatic rings. The fraction of sp³-hybridized carbons (Fsp3) is 0.333. The lowest BCUT2D eigenvalue weighted by Gasteiger charge is -2.14. The van der Waals surface area contributed by atoms with Crippen molar-refractivity contribution in [2.24, 2.45) is 0 Å². The van der Waals surface area contributed by atoms with E-state index in [1.165, 1.54) is 18.5 Å². The molecule has 2 N–H and O–H groups in total. The molecule has 1 atom stereocenters. The van der Waals surface area contributed by atoms with Crippen LogP contribution in [0.3, 0.4) is 0 Å². The average Bonchev–Trinajstić information content (AvgIpc) is 2.88. The van der Waals surface area contributed by atoms with Gasteiger partial charge >= 0.3 is 6.36 Å². The fourth-order valence-electron chi connectivity index (χ4n) is 1.64. The Bertz CT molecular complexity index is 525. The van der Waals surface area contributed by atoms with E-state index in [9.17, 15) is 13.2 Å². The molecule has 0 spiro atoms. The van der Waals surface area contributed by atoms with Gasteiger partial charge in [0, 0.05) is 6.04 Å². The molecule has 5 nitrogen and oxygen atoms in total. The minimum atomic E-state index is -4.67. The van der Waals surface area contributed by atoms with Gasteiger partial charge in [0.1, 0.15) is 17.9 Å². The first kappa shape index (κ1) is 14.3. The summed E-state index contributed by atoms with van der Waals surface area (Å²) in [4.78, 5) is 3.96. The number of ether oxygens (including phenoxy) is 1. The minimum Gasteiger partial charge on any atom is -0.406 e. The molecule has 1 aromatic heterocycles. The highest BCUT2D eigenvalue weighted by atomic mass is 19.4. The van der Waals surface area contributed by atoms with Gasteiger partial charge in [0.15, 0.2) is 0 Å². The molecular weight excluding hydrogens is 273 g/mol. The first-order valence-electron chi connectivity index (χ1n) is 5.87. The summed E-state index contributed by atoms with van der Waals surface area (Å²) in [6.07, 6.45) is -3.26. The van der Waals surface area contributed by atoms with Crippen LogP contribution in [0.5, 0.6) is 5.75 Å². The van der Waals surface area contributed by atoms with Crippen LogP contribution in [0, 0.1) is 0 Å². The lowest BCUT2D eigenvalue weighted by atomic mass is 10.1. The first-order chi connectivity index (χ1) is 9.44. The van der Waals surface area contributed by atoms with Crippen LogP contribution in [-0.4, -0.2) is 21.5 Å². The highest BCUT2D eigenvalue weighted by Gasteiger charge is 2.30. The van der Waals surface area contributed by atoms with E-state index in [1.807, 2.05) is 6.92 Å². The Morgan fingerprint density at radius 2 is 2.00 bits per heavy atom. The van der Waals surface area contributed by atoms with Crippen LogP contribution < -0.4 is 10.1 Å². The number of rotatable bonds is 5. The summed E-state index contributed by atoms with van der Waals surface area (Å²) < 4.78 is 39.9. The van der Waals surface area contributed by atoms with Crippen molar-refractivity contribution in [2.75, 3.05) is 0 Å². The Balaban J connectivity index is 1.91. The van der Waals surface area contributed by atoms with Crippen molar-refractivity contribution in [3.63, 3.8) is 0 Å². The van der Waals surface area contributed by atoms with E-state index in [2.05, 4.69) is 25.2 Å². The van der Waals surface area contributed by atoms with E-state index in [1.54, 1.807) is 12.1 Å². The highest BCUT2D eigenvalue weighted by molar-refractivity contribution is 5.29. The van der Waals surface area contributed by atoms with Crippen LogP contribution in [0.1, 0.15) is 24.4 Å². The highest BCUT2D eigenvalue weighted by Crippen LogP contribution is 2.24. The van der Waals surface area contributed by atoms with E-state index in [4.69, 9.17) is 0 Å². The maximum Gasteiger partial charge on any atom is 0.573 e. The van der Waals surface area contributed by atoms with E-state index < -0.39 is 6.36 Å². The van der Waals surface area contributed by atoms with Crippen molar-refractivity contribution in [1.82, 2.24) is 20.5 Å². The van der Waals surface area contributed by atoms with Crippen molar-refractivity contribution in [1.29, 1.82) is 0 Å². The Kier molecular flexibility index (Phi) is 4.23. The number of H-pyrrole nitrogens is 1. The molecule has 2 rings (SSSR count). The predicted molar refractivity (Wildman–Crippen MR) is 64.8 cm³/mol. The van der Waals surface area contributed by atoms with Crippen LogP contribution in [-0.2, 0) is 6.54 Å². The summed E-state index contributed by atoms with van der Waals surface area (Å²) in [6, 6.07) is 5.70. The second-order valence-corrected chi connectivity index (χ2v) is 4.15. The van der Waals surface area contributed by atoms with Crippen LogP contribution in [0.25, 0.3) is 0 Å². The molecule has 20 heavy (non-hydrogen) atoms. The largest absolute Gasteiger partial charge is 0.573 e. The van der Waals surface area contributed by atoms with Crippen molar-refractivity contribution in [3.8, 4) is 5.75 Å². The van der Waals surface area contributed by atoms with Gasteiger partial charge in [-0.05, 0) is 24.6 Å². The molecule has 0 bridgehead atoms. The average molecular weight is 286 g/mol. The van der Waals surface area contributed by atoms with E-state index >= 15 is 0 Å². The van der Waals surface area contributed by atoms with Gasteiger partial charge in [-0.2, -0.15) is 5.10 Å². The molecule has 8 heteroatoms. The number of benzene rings is 1. The van der Waals surface area contributed by atoms with Crippen molar-refractivity contribution < 1.29 is 17.9 Å². The SMILES string of the molecule is CC(NCc1ncn[nH]1)c1ccc(OC(F)(F)F)cc1. The van der Waals surface area contributed by atoms with E-state index in [0.717, 1.165) is 5.56 Å². The summed E-state index contributed by atoms with van der Waals surface area (Å²) >= 11 is 0. The molecule has 2 aromatic rings. The van der Waals surface area contributed by atoms with Gasteiger partial charge in [-0.25, -0.2) is 4.98 Å². The molecule has 1 heterocycles. The smallest absolute Gasteiger partial charge is 0.406 e. The topological polar surface area (TPSA) is 62.8 Å². The quantitative estimate of drug-likeness (QED) is 0.886. The van der Waals surface area contributed by atoms with Crippen molar-refractivity contribution >= 4 is 0 Å². The van der Waals surface area contributed by atoms with Gasteiger partial charge in [-0.1, -0.05) is 12.1 Å². The van der Waals surface area contributed by atoms with E-state index in [-0.39, 0.29) is 11.8 Å². The number of aromatic nitrogens is 3. The second-order valence-electron chi connectivity index (χ2n) is 4.15. The summed E-state index contributed by atoms with van der Waals surface area (Å²) in [5, 5.41) is 9.60. The van der Waals surface area contributed by atoms with Gasteiger partial charge in [0.2, 0.25) is 0 Å². The van der Waals surface area contributed by atoms with Gasteiger partial charge < -0.3 is 10.1 Å². The Labute approximate surface area is 113 Å². The molecule has 0 saturated carbocycles. The number of aromatic amines is 1. The molecule has 0 aliphatic carbocycles. The third-order valence-electron chi connectivity index (χ3n) is 2.65. The van der Waals surface area contributed by atoms with E-state index in [0.29, 0.717) is 12.4 Å². The van der Waals surface area contributed by atoms with Crippen LogP contribution in [0.2, 0.25) is 0 Å². The normalized spacial score (nSPS) is 13.2. The van der Waals surface area contributed by atoms with Gasteiger partial charge in [-0.15, -0.1) is 13.2 Å². The van der Waals surface area contributed by atoms with Crippen LogP contribution >= 0.6 is 0 Å². The fourth-order valence-corrected chi connectivity index (χ4v) is 1.64. The number of hydrogen-bond acceptors (Lipinski definition) is 4. The maximum absolute atomic E-state index is 12.0. The molecular formula is C12H13F3N4O.